The lowest BCUT2D eigenvalue weighted by Gasteiger charge is -2.34. The molecule has 0 aromatic heterocycles. The van der Waals surface area contributed by atoms with Crippen LogP contribution in [-0.4, -0.2) is 63.0 Å². The zero-order valence-electron chi connectivity index (χ0n) is 9.78. The minimum Gasteiger partial charge on any atom is -0.509 e. The molecule has 7 nitrogen and oxygen atoms in total. The Labute approximate surface area is 103 Å². The van der Waals surface area contributed by atoms with E-state index < -0.39 is 42.6 Å². The average Bonchev–Trinajstić information content (AvgIpc) is 2.34. The van der Waals surface area contributed by atoms with Crippen molar-refractivity contribution >= 4 is 5.97 Å². The molecule has 0 radical (unpaired) electrons. The molecule has 1 aliphatic carbocycles. The number of aliphatic hydroxyl groups is 5. The van der Waals surface area contributed by atoms with E-state index in [1.54, 1.807) is 0 Å². The first-order valence-electron chi connectivity index (χ1n) is 5.25. The summed E-state index contributed by atoms with van der Waals surface area (Å²) in [6.45, 7) is -0.629. The van der Waals surface area contributed by atoms with Gasteiger partial charge in [-0.2, -0.15) is 0 Å². The van der Waals surface area contributed by atoms with E-state index in [0.29, 0.717) is 0 Å². The van der Waals surface area contributed by atoms with Crippen molar-refractivity contribution in [3.63, 3.8) is 0 Å². The molecule has 0 saturated heterocycles. The van der Waals surface area contributed by atoms with E-state index in [1.165, 1.54) is 0 Å². The van der Waals surface area contributed by atoms with E-state index in [2.05, 4.69) is 4.74 Å². The molecule has 0 aromatic rings. The first-order chi connectivity index (χ1) is 8.35. The summed E-state index contributed by atoms with van der Waals surface area (Å²) in [6, 6.07) is 0. The van der Waals surface area contributed by atoms with Crippen molar-refractivity contribution in [3.8, 4) is 0 Å². The number of carbonyl (C=O) groups excluding carboxylic acids is 1. The molecule has 18 heavy (non-hydrogen) atoms. The number of ether oxygens (including phenoxy) is 1. The molecule has 0 fully saturated rings. The standard InChI is InChI=1S/C11H16O7/c1-18-10(16)6-2-8(14)11(17,9(15)3-6)4-7(13)5-12/h2-3,7-8,12-15,17H,4-5H2,1H3. The highest BCUT2D eigenvalue weighted by molar-refractivity contribution is 5.92. The van der Waals surface area contributed by atoms with Gasteiger partial charge in [0.05, 0.1) is 25.4 Å². The van der Waals surface area contributed by atoms with Gasteiger partial charge in [-0.3, -0.25) is 0 Å². The molecule has 0 aromatic carbocycles. The quantitative estimate of drug-likeness (QED) is 0.384. The molecular weight excluding hydrogens is 244 g/mol. The van der Waals surface area contributed by atoms with Crippen molar-refractivity contribution in [1.29, 1.82) is 0 Å². The van der Waals surface area contributed by atoms with Crippen LogP contribution in [0.1, 0.15) is 6.42 Å². The van der Waals surface area contributed by atoms with Crippen LogP contribution in [0.3, 0.4) is 0 Å². The van der Waals surface area contributed by atoms with Gasteiger partial charge in [0.2, 0.25) is 0 Å². The maximum absolute atomic E-state index is 11.2. The lowest BCUT2D eigenvalue weighted by molar-refractivity contribution is -0.136. The minimum absolute atomic E-state index is 0.106. The van der Waals surface area contributed by atoms with Gasteiger partial charge < -0.3 is 30.3 Å². The molecule has 0 amide bonds. The Morgan fingerprint density at radius 3 is 2.67 bits per heavy atom. The van der Waals surface area contributed by atoms with E-state index in [4.69, 9.17) is 5.11 Å². The fraction of sp³-hybridized carbons (Fsp3) is 0.545. The molecule has 3 unspecified atom stereocenters. The third kappa shape index (κ3) is 2.70. The number of esters is 1. The molecule has 0 heterocycles. The third-order valence-electron chi connectivity index (χ3n) is 2.74. The van der Waals surface area contributed by atoms with E-state index in [9.17, 15) is 25.2 Å². The van der Waals surface area contributed by atoms with Gasteiger partial charge in [0.25, 0.3) is 0 Å². The van der Waals surface area contributed by atoms with Crippen molar-refractivity contribution in [3.05, 3.63) is 23.5 Å². The highest BCUT2D eigenvalue weighted by atomic mass is 16.5. The Bertz CT molecular complexity index is 387. The van der Waals surface area contributed by atoms with Crippen molar-refractivity contribution < 1.29 is 35.1 Å². The maximum atomic E-state index is 11.2. The second-order valence-electron chi connectivity index (χ2n) is 4.05. The Morgan fingerprint density at radius 2 is 2.22 bits per heavy atom. The first kappa shape index (κ1) is 14.7. The van der Waals surface area contributed by atoms with Gasteiger partial charge in [-0.15, -0.1) is 0 Å². The van der Waals surface area contributed by atoms with E-state index >= 15 is 0 Å². The van der Waals surface area contributed by atoms with E-state index in [-0.39, 0.29) is 5.57 Å². The van der Waals surface area contributed by atoms with Gasteiger partial charge in [0.15, 0.2) is 5.60 Å². The predicted octanol–water partition coefficient (Wildman–Crippen LogP) is -1.62. The van der Waals surface area contributed by atoms with Crippen LogP contribution in [0.2, 0.25) is 0 Å². The molecule has 7 heteroatoms. The molecule has 1 rings (SSSR count). The second kappa shape index (κ2) is 5.49. The summed E-state index contributed by atoms with van der Waals surface area (Å²) in [5, 5.41) is 47.4. The molecule has 0 bridgehead atoms. The molecular formula is C11H16O7. The number of hydrogen-bond acceptors (Lipinski definition) is 7. The van der Waals surface area contributed by atoms with Gasteiger partial charge >= 0.3 is 5.97 Å². The zero-order valence-corrected chi connectivity index (χ0v) is 9.78. The number of rotatable bonds is 4. The lowest BCUT2D eigenvalue weighted by atomic mass is 9.83. The number of methoxy groups -OCH3 is 1. The Balaban J connectivity index is 2.98. The summed E-state index contributed by atoms with van der Waals surface area (Å²) < 4.78 is 4.41. The monoisotopic (exact) mass is 260 g/mol. The zero-order chi connectivity index (χ0) is 13.9. The normalized spacial score (nSPS) is 29.3. The number of carbonyl (C=O) groups is 1. The molecule has 3 atom stereocenters. The molecule has 0 aliphatic heterocycles. The molecule has 5 N–H and O–H groups in total. The molecule has 1 aliphatic rings. The van der Waals surface area contributed by atoms with E-state index in [0.717, 1.165) is 19.3 Å². The van der Waals surface area contributed by atoms with Gasteiger partial charge in [0, 0.05) is 6.42 Å². The largest absolute Gasteiger partial charge is 0.509 e. The summed E-state index contributed by atoms with van der Waals surface area (Å²) in [6.07, 6.45) is -1.43. The highest BCUT2D eigenvalue weighted by Gasteiger charge is 2.43. The van der Waals surface area contributed by atoms with Crippen LogP contribution < -0.4 is 0 Å². The van der Waals surface area contributed by atoms with Crippen molar-refractivity contribution in [1.82, 2.24) is 0 Å². The highest BCUT2D eigenvalue weighted by Crippen LogP contribution is 2.31. The van der Waals surface area contributed by atoms with Crippen LogP contribution in [0.15, 0.2) is 23.5 Å². The van der Waals surface area contributed by atoms with Crippen LogP contribution in [0.5, 0.6) is 0 Å². The molecule has 102 valence electrons. The van der Waals surface area contributed by atoms with Gasteiger partial charge in [-0.25, -0.2) is 4.79 Å². The Morgan fingerprint density at radius 1 is 1.61 bits per heavy atom. The summed E-state index contributed by atoms with van der Waals surface area (Å²) in [7, 11) is 1.14. The Hall–Kier alpha value is -1.41. The van der Waals surface area contributed by atoms with Gasteiger partial charge in [0.1, 0.15) is 11.9 Å². The summed E-state index contributed by atoms with van der Waals surface area (Å²) >= 11 is 0. The van der Waals surface area contributed by atoms with Crippen molar-refractivity contribution in [2.24, 2.45) is 0 Å². The smallest absolute Gasteiger partial charge is 0.337 e. The predicted molar refractivity (Wildman–Crippen MR) is 59.5 cm³/mol. The Kier molecular flexibility index (Phi) is 4.47. The minimum atomic E-state index is -2.14. The summed E-state index contributed by atoms with van der Waals surface area (Å²) in [5.74, 6) is -1.45. The van der Waals surface area contributed by atoms with Gasteiger partial charge in [-0.1, -0.05) is 0 Å². The number of aliphatic hydroxyl groups excluding tert-OH is 4. The van der Waals surface area contributed by atoms with E-state index in [1.807, 2.05) is 0 Å². The number of hydrogen-bond donors (Lipinski definition) is 5. The third-order valence-corrected chi connectivity index (χ3v) is 2.74. The van der Waals surface area contributed by atoms with Crippen LogP contribution >= 0.6 is 0 Å². The second-order valence-corrected chi connectivity index (χ2v) is 4.05. The topological polar surface area (TPSA) is 127 Å². The van der Waals surface area contributed by atoms with Crippen LogP contribution in [0.25, 0.3) is 0 Å². The van der Waals surface area contributed by atoms with Crippen LogP contribution in [0, 0.1) is 0 Å². The SMILES string of the molecule is COC(=O)C1=CC(O)C(O)(CC(O)CO)C(O)=C1. The maximum Gasteiger partial charge on any atom is 0.337 e. The van der Waals surface area contributed by atoms with Crippen molar-refractivity contribution in [2.75, 3.05) is 13.7 Å². The average molecular weight is 260 g/mol. The summed E-state index contributed by atoms with van der Waals surface area (Å²) in [4.78, 5) is 11.2. The lowest BCUT2D eigenvalue weighted by Crippen LogP contribution is -2.48. The van der Waals surface area contributed by atoms with Gasteiger partial charge in [-0.05, 0) is 12.2 Å². The fourth-order valence-electron chi connectivity index (χ4n) is 1.67. The first-order valence-corrected chi connectivity index (χ1v) is 5.25. The summed E-state index contributed by atoms with van der Waals surface area (Å²) in [5.41, 5.74) is -2.25. The van der Waals surface area contributed by atoms with Crippen LogP contribution in [-0.2, 0) is 9.53 Å². The van der Waals surface area contributed by atoms with Crippen molar-refractivity contribution in [2.45, 2.75) is 24.2 Å². The van der Waals surface area contributed by atoms with Crippen LogP contribution in [0.4, 0.5) is 0 Å². The molecule has 0 saturated carbocycles. The molecule has 0 spiro atoms. The fourth-order valence-corrected chi connectivity index (χ4v) is 1.67.